The smallest absolute Gasteiger partial charge is 0.423 e. The summed E-state index contributed by atoms with van der Waals surface area (Å²) in [5, 5.41) is 9.85. The van der Waals surface area contributed by atoms with E-state index in [2.05, 4.69) is 42.5 Å². The molecule has 1 radical (unpaired) electrons. The molecule has 3 rings (SSSR count). The molecule has 1 aliphatic heterocycles. The molecule has 0 spiro atoms. The second-order valence-electron chi connectivity index (χ2n) is 4.99. The van der Waals surface area contributed by atoms with Crippen LogP contribution in [0.2, 0.25) is 0 Å². The maximum Gasteiger partial charge on any atom is 0.491 e. The van der Waals surface area contributed by atoms with Crippen LogP contribution in [0.4, 0.5) is 0 Å². The Morgan fingerprint density at radius 1 is 1.00 bits per heavy atom. The summed E-state index contributed by atoms with van der Waals surface area (Å²) < 4.78 is 5.28. The summed E-state index contributed by atoms with van der Waals surface area (Å²) in [6, 6.07) is 16.9. The third-order valence-electron chi connectivity index (χ3n) is 3.67. The van der Waals surface area contributed by atoms with Gasteiger partial charge in [0.2, 0.25) is 0 Å². The first kappa shape index (κ1) is 22.5. The molecular formula is C19H26BO2Y-. The van der Waals surface area contributed by atoms with Gasteiger partial charge in [0.1, 0.15) is 0 Å². The fraction of sp³-hybridized carbons (Fsp3) is 0.316. The van der Waals surface area contributed by atoms with Crippen LogP contribution in [0.3, 0.4) is 0 Å². The van der Waals surface area contributed by atoms with Crippen LogP contribution in [-0.2, 0) is 56.6 Å². The van der Waals surface area contributed by atoms with Gasteiger partial charge in [0.25, 0.3) is 0 Å². The molecule has 0 saturated carbocycles. The van der Waals surface area contributed by atoms with Crippen molar-refractivity contribution in [2.24, 2.45) is 0 Å². The number of benzene rings is 2. The normalized spacial score (nSPS) is 12.0. The Balaban J connectivity index is 0.00000117. The summed E-state index contributed by atoms with van der Waals surface area (Å²) in [4.78, 5) is 0. The van der Waals surface area contributed by atoms with Crippen LogP contribution in [0.5, 0.6) is 0 Å². The Morgan fingerprint density at radius 3 is 2.35 bits per heavy atom. The number of fused-ring (bicyclic) bond motifs is 1. The third-order valence-corrected chi connectivity index (χ3v) is 3.67. The molecule has 0 bridgehead atoms. The summed E-state index contributed by atoms with van der Waals surface area (Å²) in [5.41, 5.74) is 4.75. The molecule has 2 aromatic rings. The van der Waals surface area contributed by atoms with Crippen LogP contribution in [0.1, 0.15) is 30.5 Å². The molecule has 1 N–H and O–H groups in total. The molecule has 0 fully saturated rings. The molecule has 0 aliphatic carbocycles. The van der Waals surface area contributed by atoms with E-state index in [1.165, 1.54) is 16.7 Å². The fourth-order valence-corrected chi connectivity index (χ4v) is 2.56. The van der Waals surface area contributed by atoms with Gasteiger partial charge in [-0.25, -0.2) is 0 Å². The number of hydrogen-bond donors (Lipinski definition) is 1. The average molecular weight is 386 g/mol. The first-order valence-corrected chi connectivity index (χ1v) is 7.78. The average Bonchev–Trinajstić information content (AvgIpc) is 2.56. The Labute approximate surface area is 166 Å². The Morgan fingerprint density at radius 2 is 1.65 bits per heavy atom. The molecule has 0 saturated heterocycles. The zero-order valence-electron chi connectivity index (χ0n) is 14.5. The number of aryl methyl sites for hydroxylation is 2. The summed E-state index contributed by atoms with van der Waals surface area (Å²) in [7, 11) is -0.750. The van der Waals surface area contributed by atoms with Gasteiger partial charge in [0, 0.05) is 39.3 Å². The molecule has 2 nitrogen and oxygen atoms in total. The maximum absolute atomic E-state index is 9.85. The maximum atomic E-state index is 9.85. The van der Waals surface area contributed by atoms with E-state index in [-0.39, 0.29) is 40.1 Å². The van der Waals surface area contributed by atoms with E-state index in [1.54, 1.807) is 0 Å². The molecule has 1 aliphatic rings. The van der Waals surface area contributed by atoms with Gasteiger partial charge >= 0.3 is 7.12 Å². The quantitative estimate of drug-likeness (QED) is 0.649. The monoisotopic (exact) mass is 386 g/mol. The second kappa shape index (κ2) is 12.0. The van der Waals surface area contributed by atoms with Crippen molar-refractivity contribution < 1.29 is 42.4 Å². The van der Waals surface area contributed by atoms with E-state index in [0.29, 0.717) is 6.61 Å². The van der Waals surface area contributed by atoms with Gasteiger partial charge in [-0.05, 0) is 41.4 Å². The van der Waals surface area contributed by atoms with Crippen molar-refractivity contribution in [2.75, 3.05) is 6.61 Å². The van der Waals surface area contributed by atoms with E-state index in [4.69, 9.17) is 4.65 Å². The number of rotatable bonds is 3. The van der Waals surface area contributed by atoms with Gasteiger partial charge in [-0.15, -0.1) is 0 Å². The van der Waals surface area contributed by atoms with Crippen molar-refractivity contribution in [3.05, 3.63) is 72.6 Å². The first-order chi connectivity index (χ1) is 10.3. The fourth-order valence-electron chi connectivity index (χ4n) is 2.56. The topological polar surface area (TPSA) is 29.5 Å². The van der Waals surface area contributed by atoms with Gasteiger partial charge in [-0.2, -0.15) is 0 Å². The standard InChI is InChI=1S/C16H17BO2.C2H6.CH3.Y/c18-17-16-12-14(8-9-15(16)10-11-19-17)7-6-13-4-2-1-3-5-13;1-2;;/h1-5,8-9,12,18H,6-7,10-11H2;1-2H3;1H3;/q;;-1;. The Hall–Kier alpha value is -0.471. The molecule has 4 heteroatoms. The summed E-state index contributed by atoms with van der Waals surface area (Å²) in [6.45, 7) is 4.61. The second-order valence-corrected chi connectivity index (χ2v) is 4.99. The van der Waals surface area contributed by atoms with E-state index in [1.807, 2.05) is 19.9 Å². The molecule has 1 heterocycles. The van der Waals surface area contributed by atoms with Gasteiger partial charge in [-0.1, -0.05) is 62.4 Å². The predicted octanol–water partition coefficient (Wildman–Crippen LogP) is 3.21. The van der Waals surface area contributed by atoms with Gasteiger partial charge in [0.15, 0.2) is 0 Å². The van der Waals surface area contributed by atoms with Crippen molar-refractivity contribution in [2.45, 2.75) is 33.1 Å². The van der Waals surface area contributed by atoms with E-state index in [9.17, 15) is 5.02 Å². The van der Waals surface area contributed by atoms with E-state index in [0.717, 1.165) is 24.7 Å². The van der Waals surface area contributed by atoms with Crippen LogP contribution >= 0.6 is 0 Å². The van der Waals surface area contributed by atoms with Crippen LogP contribution in [0.25, 0.3) is 0 Å². The van der Waals surface area contributed by atoms with Crippen molar-refractivity contribution in [1.29, 1.82) is 0 Å². The Kier molecular flexibility index (Phi) is 11.7. The van der Waals surface area contributed by atoms with Crippen molar-refractivity contribution in [1.82, 2.24) is 0 Å². The zero-order chi connectivity index (χ0) is 15.1. The molecule has 0 amide bonds. The summed E-state index contributed by atoms with van der Waals surface area (Å²) in [5.74, 6) is 0. The largest absolute Gasteiger partial charge is 0.491 e. The van der Waals surface area contributed by atoms with Crippen molar-refractivity contribution in [3.8, 4) is 0 Å². The third kappa shape index (κ3) is 6.50. The van der Waals surface area contributed by atoms with Crippen molar-refractivity contribution >= 4 is 12.6 Å². The van der Waals surface area contributed by atoms with Crippen LogP contribution in [-0.4, -0.2) is 18.7 Å². The summed E-state index contributed by atoms with van der Waals surface area (Å²) in [6.07, 6.45) is 2.91. The minimum Gasteiger partial charge on any atom is -0.423 e. The Bertz CT molecular complexity index is 561. The number of hydrogen-bond acceptors (Lipinski definition) is 2. The minimum atomic E-state index is -0.750. The minimum absolute atomic E-state index is 0. The molecular weight excluding hydrogens is 360 g/mol. The first-order valence-electron chi connectivity index (χ1n) is 7.78. The van der Waals surface area contributed by atoms with E-state index >= 15 is 0 Å². The summed E-state index contributed by atoms with van der Waals surface area (Å²) >= 11 is 0. The predicted molar refractivity (Wildman–Crippen MR) is 95.3 cm³/mol. The zero-order valence-corrected chi connectivity index (χ0v) is 17.3. The SMILES string of the molecule is CC.OB1OCCc2ccc(CCc3ccccc3)cc21.[CH3-].[Y]. The molecule has 23 heavy (non-hydrogen) atoms. The van der Waals surface area contributed by atoms with Gasteiger partial charge in [0.05, 0.1) is 0 Å². The molecule has 0 atom stereocenters. The molecule has 2 aromatic carbocycles. The van der Waals surface area contributed by atoms with E-state index < -0.39 is 7.12 Å². The molecule has 121 valence electrons. The molecule has 0 unspecified atom stereocenters. The molecule has 0 aromatic heterocycles. The van der Waals surface area contributed by atoms with Gasteiger partial charge < -0.3 is 17.1 Å². The van der Waals surface area contributed by atoms with Gasteiger partial charge in [-0.3, -0.25) is 0 Å². The van der Waals surface area contributed by atoms with Crippen LogP contribution in [0.15, 0.2) is 48.5 Å². The van der Waals surface area contributed by atoms with Crippen molar-refractivity contribution in [3.63, 3.8) is 0 Å². The van der Waals surface area contributed by atoms with Crippen LogP contribution in [0, 0.1) is 7.43 Å². The van der Waals surface area contributed by atoms with Crippen LogP contribution < -0.4 is 5.46 Å².